The second-order valence-electron chi connectivity index (χ2n) is 18.5. The first-order valence-corrected chi connectivity index (χ1v) is 27.8. The van der Waals surface area contributed by atoms with Crippen LogP contribution in [0.15, 0.2) is 85.1 Å². The van der Waals surface area contributed by atoms with Crippen molar-refractivity contribution >= 4 is 13.8 Å². The number of allylic oxidation sites excluding steroid dienone is 14. The molecule has 8 nitrogen and oxygen atoms in total. The zero-order valence-corrected chi connectivity index (χ0v) is 43.6. The maximum absolute atomic E-state index is 12.8. The Morgan fingerprint density at radius 2 is 0.892 bits per heavy atom. The highest BCUT2D eigenvalue weighted by Gasteiger charge is 2.20. The van der Waals surface area contributed by atoms with E-state index in [9.17, 15) is 14.3 Å². The number of phosphoric acid groups is 1. The Morgan fingerprint density at radius 1 is 0.492 bits per heavy atom. The summed E-state index contributed by atoms with van der Waals surface area (Å²) in [6, 6.07) is 0. The van der Waals surface area contributed by atoms with E-state index in [1.807, 2.05) is 21.1 Å². The summed E-state index contributed by atoms with van der Waals surface area (Å²) in [6.45, 7) is 5.25. The molecule has 0 aliphatic heterocycles. The second kappa shape index (κ2) is 48.1. The number of hydrogen-bond donors (Lipinski definition) is 0. The summed E-state index contributed by atoms with van der Waals surface area (Å²) in [5, 5.41) is 0. The molecule has 0 bridgehead atoms. The Morgan fingerprint density at radius 3 is 1.34 bits per heavy atom. The van der Waals surface area contributed by atoms with Gasteiger partial charge in [-0.3, -0.25) is 9.36 Å². The third-order valence-electron chi connectivity index (χ3n) is 10.9. The molecule has 0 saturated carbocycles. The number of carbonyl (C=O) groups is 1. The average molecular weight is 930 g/mol. The number of rotatable bonds is 48. The van der Waals surface area contributed by atoms with Gasteiger partial charge in [0.2, 0.25) is 0 Å². The van der Waals surface area contributed by atoms with Crippen molar-refractivity contribution in [1.82, 2.24) is 0 Å². The van der Waals surface area contributed by atoms with Crippen molar-refractivity contribution in [3.05, 3.63) is 85.1 Å². The molecule has 0 saturated heterocycles. The number of unbranched alkanes of at least 4 members (excludes halogenated alkanes) is 20. The van der Waals surface area contributed by atoms with Gasteiger partial charge in [0, 0.05) is 13.0 Å². The minimum atomic E-state index is -4.54. The van der Waals surface area contributed by atoms with Crippen LogP contribution in [-0.4, -0.2) is 70.7 Å². The number of esters is 1. The molecule has 376 valence electrons. The highest BCUT2D eigenvalue weighted by molar-refractivity contribution is 7.45. The van der Waals surface area contributed by atoms with Gasteiger partial charge in [0.15, 0.2) is 0 Å². The van der Waals surface area contributed by atoms with Crippen LogP contribution in [0.2, 0.25) is 0 Å². The van der Waals surface area contributed by atoms with Gasteiger partial charge in [-0.1, -0.05) is 195 Å². The molecule has 0 heterocycles. The molecule has 0 spiro atoms. The normalized spacial score (nSPS) is 14.2. The Hall–Kier alpha value is -2.32. The van der Waals surface area contributed by atoms with Gasteiger partial charge in [0.05, 0.1) is 34.4 Å². The molecular formula is C56H100NO7P. The molecule has 9 heteroatoms. The molecule has 65 heavy (non-hydrogen) atoms. The van der Waals surface area contributed by atoms with Gasteiger partial charge in [0.1, 0.15) is 19.3 Å². The van der Waals surface area contributed by atoms with Crippen LogP contribution in [0.1, 0.15) is 206 Å². The molecule has 0 aliphatic carbocycles. The average Bonchev–Trinajstić information content (AvgIpc) is 3.27. The molecule has 0 fully saturated rings. The van der Waals surface area contributed by atoms with Crippen LogP contribution in [0.25, 0.3) is 0 Å². The van der Waals surface area contributed by atoms with Crippen molar-refractivity contribution in [2.45, 2.75) is 213 Å². The van der Waals surface area contributed by atoms with Crippen LogP contribution in [0.3, 0.4) is 0 Å². The molecular weight excluding hydrogens is 830 g/mol. The van der Waals surface area contributed by atoms with Crippen LogP contribution in [0.4, 0.5) is 0 Å². The minimum absolute atomic E-state index is 0.0174. The van der Waals surface area contributed by atoms with E-state index < -0.39 is 13.9 Å². The quantitative estimate of drug-likeness (QED) is 0.0197. The summed E-state index contributed by atoms with van der Waals surface area (Å²) in [6.07, 6.45) is 64.6. The summed E-state index contributed by atoms with van der Waals surface area (Å²) >= 11 is 0. The lowest BCUT2D eigenvalue weighted by Gasteiger charge is -2.28. The predicted molar refractivity (Wildman–Crippen MR) is 277 cm³/mol. The molecule has 2 atom stereocenters. The number of hydrogen-bond acceptors (Lipinski definition) is 7. The van der Waals surface area contributed by atoms with Gasteiger partial charge in [0.25, 0.3) is 7.82 Å². The van der Waals surface area contributed by atoms with Crippen LogP contribution >= 0.6 is 7.82 Å². The number of nitrogens with zero attached hydrogens (tertiary/aromatic N) is 1. The molecule has 0 aromatic carbocycles. The van der Waals surface area contributed by atoms with Crippen molar-refractivity contribution < 1.29 is 37.3 Å². The first-order chi connectivity index (χ1) is 31.6. The molecule has 0 rings (SSSR count). The monoisotopic (exact) mass is 930 g/mol. The second-order valence-corrected chi connectivity index (χ2v) is 19.9. The maximum atomic E-state index is 12.8. The van der Waals surface area contributed by atoms with Crippen LogP contribution < -0.4 is 4.89 Å². The summed E-state index contributed by atoms with van der Waals surface area (Å²) < 4.78 is 34.7. The number of quaternary nitrogens is 1. The zero-order valence-electron chi connectivity index (χ0n) is 42.7. The first kappa shape index (κ1) is 62.7. The van der Waals surface area contributed by atoms with Gasteiger partial charge in [-0.25, -0.2) is 0 Å². The molecule has 0 aliphatic rings. The van der Waals surface area contributed by atoms with Crippen molar-refractivity contribution in [2.75, 3.05) is 54.1 Å². The standard InChI is InChI=1S/C56H100NO7P/c1-6-8-10-12-14-16-18-20-22-24-26-27-28-29-30-32-34-36-38-40-42-44-46-48-51-61-53-55(54-63-65(59,60)62-52-50-57(3,4)5)64-56(58)49-47-45-43-41-39-37-35-33-31-25-23-21-19-17-15-13-11-9-7-2/h9,11,15,17-18,20-21,23-24,26,28-29,31,33,55H,6-8,10,12-14,16,19,22,25,27,30,32,34-54H2,1-5H3/b11-9-,17-15-,20-18-,23-21-,26-24-,29-28-,33-31-. The van der Waals surface area contributed by atoms with Gasteiger partial charge in [-0.15, -0.1) is 0 Å². The van der Waals surface area contributed by atoms with E-state index in [0.717, 1.165) is 83.5 Å². The van der Waals surface area contributed by atoms with Gasteiger partial charge in [-0.2, -0.15) is 0 Å². The maximum Gasteiger partial charge on any atom is 0.306 e. The molecule has 0 N–H and O–H groups in total. The molecule has 0 aromatic heterocycles. The van der Waals surface area contributed by atoms with E-state index in [2.05, 4.69) is 98.9 Å². The Bertz CT molecular complexity index is 1310. The van der Waals surface area contributed by atoms with Crippen LogP contribution in [-0.2, 0) is 27.9 Å². The van der Waals surface area contributed by atoms with Crippen molar-refractivity contribution in [3.8, 4) is 0 Å². The van der Waals surface area contributed by atoms with Gasteiger partial charge >= 0.3 is 5.97 Å². The van der Waals surface area contributed by atoms with Crippen molar-refractivity contribution in [1.29, 1.82) is 0 Å². The van der Waals surface area contributed by atoms with Crippen LogP contribution in [0, 0.1) is 0 Å². The lowest BCUT2D eigenvalue weighted by atomic mass is 10.1. The summed E-state index contributed by atoms with van der Waals surface area (Å²) in [7, 11) is 1.33. The molecule has 2 unspecified atom stereocenters. The molecule has 0 amide bonds. The highest BCUT2D eigenvalue weighted by atomic mass is 31.2. The first-order valence-electron chi connectivity index (χ1n) is 26.3. The minimum Gasteiger partial charge on any atom is -0.756 e. The fourth-order valence-electron chi connectivity index (χ4n) is 6.90. The largest absolute Gasteiger partial charge is 0.756 e. The van der Waals surface area contributed by atoms with Crippen molar-refractivity contribution in [3.63, 3.8) is 0 Å². The molecule has 0 radical (unpaired) electrons. The number of carbonyl (C=O) groups excluding carboxylic acids is 1. The third kappa shape index (κ3) is 52.5. The van der Waals surface area contributed by atoms with Gasteiger partial charge < -0.3 is 27.9 Å². The van der Waals surface area contributed by atoms with E-state index in [-0.39, 0.29) is 25.8 Å². The summed E-state index contributed by atoms with van der Waals surface area (Å²) in [5.41, 5.74) is 0. The fraction of sp³-hybridized carbons (Fsp3) is 0.732. The van der Waals surface area contributed by atoms with E-state index in [0.29, 0.717) is 24.1 Å². The van der Waals surface area contributed by atoms with Crippen molar-refractivity contribution in [2.24, 2.45) is 0 Å². The third-order valence-corrected chi connectivity index (χ3v) is 11.9. The Labute approximate surface area is 401 Å². The summed E-state index contributed by atoms with van der Waals surface area (Å²) in [4.78, 5) is 25.2. The van der Waals surface area contributed by atoms with Gasteiger partial charge in [-0.05, 0) is 89.9 Å². The summed E-state index contributed by atoms with van der Waals surface area (Å²) in [5.74, 6) is -0.352. The van der Waals surface area contributed by atoms with E-state index >= 15 is 0 Å². The topological polar surface area (TPSA) is 94.1 Å². The van der Waals surface area contributed by atoms with E-state index in [4.69, 9.17) is 18.5 Å². The number of phosphoric ester groups is 1. The van der Waals surface area contributed by atoms with Crippen LogP contribution in [0.5, 0.6) is 0 Å². The van der Waals surface area contributed by atoms with E-state index in [1.54, 1.807) is 0 Å². The lowest BCUT2D eigenvalue weighted by Crippen LogP contribution is -2.37. The SMILES string of the molecule is CC/C=C\C/C=C\C/C=C\C/C=C\CCCCCCCCC(=O)OC(COCCCCCCCCCCC/C=C\C/C=C\C/C=C\CCCCCCC)COP(=O)([O-])OCC[N+](C)(C)C. The Balaban J connectivity index is 4.18. The highest BCUT2D eigenvalue weighted by Crippen LogP contribution is 2.38. The smallest absolute Gasteiger partial charge is 0.306 e. The predicted octanol–water partition coefficient (Wildman–Crippen LogP) is 15.8. The number of ether oxygens (including phenoxy) is 2. The lowest BCUT2D eigenvalue weighted by molar-refractivity contribution is -0.870. The number of likely N-dealkylation sites (N-methyl/N-ethyl adjacent to an activating group) is 1. The van der Waals surface area contributed by atoms with E-state index in [1.165, 1.54) is 103 Å². The fourth-order valence-corrected chi connectivity index (χ4v) is 7.63. The molecule has 0 aromatic rings. The Kier molecular flexibility index (Phi) is 46.4. The zero-order chi connectivity index (χ0) is 47.6.